The number of benzene rings is 1. The zero-order chi connectivity index (χ0) is 9.14. The molecule has 0 saturated carbocycles. The van der Waals surface area contributed by atoms with Gasteiger partial charge in [-0.1, -0.05) is 6.07 Å². The molecule has 0 fully saturated rings. The Hall–Kier alpha value is -1.71. The molecule has 1 amide bonds. The summed E-state index contributed by atoms with van der Waals surface area (Å²) in [6.07, 6.45) is 0.119. The van der Waals surface area contributed by atoms with Crippen molar-refractivity contribution in [3.05, 3.63) is 23.8 Å². The fourth-order valence-corrected chi connectivity index (χ4v) is 0.900. The maximum absolute atomic E-state index is 10.5. The first-order valence-corrected chi connectivity index (χ1v) is 3.45. The quantitative estimate of drug-likeness (QED) is 0.426. The Morgan fingerprint density at radius 2 is 2.17 bits per heavy atom. The molecule has 0 unspecified atom stereocenters. The average Bonchev–Trinajstić information content (AvgIpc) is 1.96. The Kier molecular flexibility index (Phi) is 2.19. The first-order valence-electron chi connectivity index (χ1n) is 3.45. The van der Waals surface area contributed by atoms with Gasteiger partial charge in [0, 0.05) is 0 Å². The van der Waals surface area contributed by atoms with Gasteiger partial charge in [-0.15, -0.1) is 0 Å². The number of amides is 1. The van der Waals surface area contributed by atoms with E-state index in [2.05, 4.69) is 0 Å². The van der Waals surface area contributed by atoms with E-state index in [9.17, 15) is 4.79 Å². The molecular formula is C8H10N2O2. The molecule has 5 N–H and O–H groups in total. The number of phenols is 1. The third kappa shape index (κ3) is 1.88. The van der Waals surface area contributed by atoms with Crippen LogP contribution in [0.15, 0.2) is 18.2 Å². The monoisotopic (exact) mass is 166 g/mol. The summed E-state index contributed by atoms with van der Waals surface area (Å²) in [6.45, 7) is 0. The number of carbonyl (C=O) groups excluding carboxylic acids is 1. The van der Waals surface area contributed by atoms with Crippen LogP contribution in [0, 0.1) is 0 Å². The molecule has 1 aromatic carbocycles. The zero-order valence-electron chi connectivity index (χ0n) is 6.45. The normalized spacial score (nSPS) is 9.67. The number of nitrogens with two attached hydrogens (primary N) is 2. The molecule has 12 heavy (non-hydrogen) atoms. The predicted octanol–water partition coefficient (Wildman–Crippen LogP) is 0.00220. The molecule has 0 aliphatic rings. The number of anilines is 1. The van der Waals surface area contributed by atoms with Crippen molar-refractivity contribution >= 4 is 11.6 Å². The Balaban J connectivity index is 2.89. The minimum atomic E-state index is -0.431. The molecule has 0 radical (unpaired) electrons. The fraction of sp³-hybridized carbons (Fsp3) is 0.125. The Morgan fingerprint density at radius 3 is 2.67 bits per heavy atom. The van der Waals surface area contributed by atoms with E-state index < -0.39 is 5.91 Å². The minimum absolute atomic E-state index is 0.0197. The van der Waals surface area contributed by atoms with E-state index in [1.807, 2.05) is 0 Å². The largest absolute Gasteiger partial charge is 0.506 e. The first-order chi connectivity index (χ1) is 5.59. The van der Waals surface area contributed by atoms with Crippen molar-refractivity contribution < 1.29 is 9.90 Å². The number of primary amides is 1. The van der Waals surface area contributed by atoms with Gasteiger partial charge >= 0.3 is 0 Å². The van der Waals surface area contributed by atoms with Crippen LogP contribution in [0.1, 0.15) is 5.56 Å². The number of nitrogen functional groups attached to an aromatic ring is 1. The van der Waals surface area contributed by atoms with Crippen molar-refractivity contribution in [2.24, 2.45) is 5.73 Å². The predicted molar refractivity (Wildman–Crippen MR) is 45.4 cm³/mol. The lowest BCUT2D eigenvalue weighted by molar-refractivity contribution is -0.117. The SMILES string of the molecule is NC(=O)Cc1ccc(N)c(O)c1. The van der Waals surface area contributed by atoms with Crippen molar-refractivity contribution in [3.63, 3.8) is 0 Å². The minimum Gasteiger partial charge on any atom is -0.506 e. The molecule has 0 heterocycles. The summed E-state index contributed by atoms with van der Waals surface area (Å²) >= 11 is 0. The Bertz CT molecular complexity index is 310. The number of hydrogen-bond acceptors (Lipinski definition) is 3. The molecule has 4 heteroatoms. The molecule has 0 atom stereocenters. The second kappa shape index (κ2) is 3.13. The second-order valence-electron chi connectivity index (χ2n) is 2.54. The highest BCUT2D eigenvalue weighted by atomic mass is 16.3. The van der Waals surface area contributed by atoms with Crippen LogP contribution in [0.5, 0.6) is 5.75 Å². The molecule has 64 valence electrons. The van der Waals surface area contributed by atoms with Crippen LogP contribution in [-0.2, 0) is 11.2 Å². The summed E-state index contributed by atoms with van der Waals surface area (Å²) in [5, 5.41) is 9.14. The van der Waals surface area contributed by atoms with Crippen LogP contribution >= 0.6 is 0 Å². The molecular weight excluding hydrogens is 156 g/mol. The molecule has 0 aromatic heterocycles. The highest BCUT2D eigenvalue weighted by molar-refractivity contribution is 5.77. The van der Waals surface area contributed by atoms with Crippen molar-refractivity contribution in [3.8, 4) is 5.75 Å². The van der Waals surface area contributed by atoms with Crippen molar-refractivity contribution in [2.75, 3.05) is 5.73 Å². The second-order valence-corrected chi connectivity index (χ2v) is 2.54. The molecule has 1 rings (SSSR count). The van der Waals surface area contributed by atoms with Crippen LogP contribution in [0.4, 0.5) is 5.69 Å². The van der Waals surface area contributed by atoms with Crippen LogP contribution in [0.25, 0.3) is 0 Å². The third-order valence-corrected chi connectivity index (χ3v) is 1.47. The lowest BCUT2D eigenvalue weighted by Gasteiger charge is -2.01. The summed E-state index contributed by atoms with van der Waals surface area (Å²) in [5.41, 5.74) is 11.3. The van der Waals surface area contributed by atoms with E-state index in [1.165, 1.54) is 12.1 Å². The molecule has 0 spiro atoms. The topological polar surface area (TPSA) is 89.3 Å². The molecule has 1 aromatic rings. The number of phenolic OH excluding ortho intramolecular Hbond substituents is 1. The summed E-state index contributed by atoms with van der Waals surface area (Å²) in [7, 11) is 0. The van der Waals surface area contributed by atoms with Gasteiger partial charge in [-0.2, -0.15) is 0 Å². The number of aromatic hydroxyl groups is 1. The molecule has 0 aliphatic carbocycles. The summed E-state index contributed by atoms with van der Waals surface area (Å²) in [5.74, 6) is -0.451. The van der Waals surface area contributed by atoms with E-state index in [4.69, 9.17) is 16.6 Å². The van der Waals surface area contributed by atoms with E-state index in [0.29, 0.717) is 11.3 Å². The zero-order valence-corrected chi connectivity index (χ0v) is 6.45. The van der Waals surface area contributed by atoms with E-state index >= 15 is 0 Å². The maximum atomic E-state index is 10.5. The van der Waals surface area contributed by atoms with Crippen molar-refractivity contribution in [1.82, 2.24) is 0 Å². The number of rotatable bonds is 2. The van der Waals surface area contributed by atoms with Crippen LogP contribution in [0.2, 0.25) is 0 Å². The van der Waals surface area contributed by atoms with Gasteiger partial charge in [0.15, 0.2) is 0 Å². The lowest BCUT2D eigenvalue weighted by Crippen LogP contribution is -2.13. The van der Waals surface area contributed by atoms with Gasteiger partial charge in [-0.05, 0) is 17.7 Å². The summed E-state index contributed by atoms with van der Waals surface area (Å²) in [6, 6.07) is 4.62. The first kappa shape index (κ1) is 8.39. The van der Waals surface area contributed by atoms with E-state index in [-0.39, 0.29) is 12.2 Å². The van der Waals surface area contributed by atoms with Gasteiger partial charge in [0.05, 0.1) is 12.1 Å². The van der Waals surface area contributed by atoms with Crippen LogP contribution < -0.4 is 11.5 Å². The standard InChI is InChI=1S/C8H10N2O2/c9-6-2-1-5(3-7(6)11)4-8(10)12/h1-3,11H,4,9H2,(H2,10,12). The maximum Gasteiger partial charge on any atom is 0.221 e. The molecule has 0 saturated heterocycles. The lowest BCUT2D eigenvalue weighted by atomic mass is 10.1. The van der Waals surface area contributed by atoms with E-state index in [0.717, 1.165) is 0 Å². The number of carbonyl (C=O) groups is 1. The third-order valence-electron chi connectivity index (χ3n) is 1.47. The van der Waals surface area contributed by atoms with Gasteiger partial charge < -0.3 is 16.6 Å². The van der Waals surface area contributed by atoms with Gasteiger partial charge in [-0.3, -0.25) is 4.79 Å². The van der Waals surface area contributed by atoms with Crippen LogP contribution in [0.3, 0.4) is 0 Å². The van der Waals surface area contributed by atoms with Crippen molar-refractivity contribution in [1.29, 1.82) is 0 Å². The number of hydrogen-bond donors (Lipinski definition) is 3. The molecule has 4 nitrogen and oxygen atoms in total. The van der Waals surface area contributed by atoms with Crippen LogP contribution in [-0.4, -0.2) is 11.0 Å². The fourth-order valence-electron chi connectivity index (χ4n) is 0.900. The van der Waals surface area contributed by atoms with Crippen molar-refractivity contribution in [2.45, 2.75) is 6.42 Å². The van der Waals surface area contributed by atoms with Gasteiger partial charge in [0.2, 0.25) is 5.91 Å². The van der Waals surface area contributed by atoms with Gasteiger partial charge in [-0.25, -0.2) is 0 Å². The molecule has 0 bridgehead atoms. The molecule has 0 aliphatic heterocycles. The van der Waals surface area contributed by atoms with Gasteiger partial charge in [0.25, 0.3) is 0 Å². The summed E-state index contributed by atoms with van der Waals surface area (Å²) in [4.78, 5) is 10.5. The summed E-state index contributed by atoms with van der Waals surface area (Å²) < 4.78 is 0. The van der Waals surface area contributed by atoms with E-state index in [1.54, 1.807) is 6.07 Å². The highest BCUT2D eigenvalue weighted by Gasteiger charge is 2.01. The Labute approximate surface area is 69.8 Å². The highest BCUT2D eigenvalue weighted by Crippen LogP contribution is 2.20. The van der Waals surface area contributed by atoms with Gasteiger partial charge in [0.1, 0.15) is 5.75 Å². The smallest absolute Gasteiger partial charge is 0.221 e. The average molecular weight is 166 g/mol. The Morgan fingerprint density at radius 1 is 1.50 bits per heavy atom.